The van der Waals surface area contributed by atoms with Gasteiger partial charge in [0.2, 0.25) is 0 Å². The normalized spacial score (nSPS) is 10.2. The standard InChI is InChI=1S/C12H15BrN2O5/c1-14(6-7-19-2)8-4-5-9(15(17)18)11(13)10(8)12(16)20-3/h4-5H,6-7H2,1-3H3. The number of carbonyl (C=O) groups excluding carboxylic acids is 1. The quantitative estimate of drug-likeness (QED) is 0.446. The highest BCUT2D eigenvalue weighted by Gasteiger charge is 2.25. The molecule has 0 radical (unpaired) electrons. The van der Waals surface area contributed by atoms with Gasteiger partial charge in [-0.25, -0.2) is 4.79 Å². The van der Waals surface area contributed by atoms with Gasteiger partial charge in [0.15, 0.2) is 0 Å². The van der Waals surface area contributed by atoms with Crippen molar-refractivity contribution in [1.29, 1.82) is 0 Å². The summed E-state index contributed by atoms with van der Waals surface area (Å²) in [5, 5.41) is 10.9. The van der Waals surface area contributed by atoms with Gasteiger partial charge in [0.05, 0.1) is 24.3 Å². The molecule has 8 heteroatoms. The lowest BCUT2D eigenvalue weighted by Crippen LogP contribution is -2.24. The third-order valence-corrected chi connectivity index (χ3v) is 3.53. The molecule has 0 unspecified atom stereocenters. The fraction of sp³-hybridized carbons (Fsp3) is 0.417. The van der Waals surface area contributed by atoms with Crippen LogP contribution < -0.4 is 4.90 Å². The lowest BCUT2D eigenvalue weighted by Gasteiger charge is -2.21. The highest BCUT2D eigenvalue weighted by atomic mass is 79.9. The van der Waals surface area contributed by atoms with E-state index in [4.69, 9.17) is 9.47 Å². The Labute approximate surface area is 124 Å². The van der Waals surface area contributed by atoms with Gasteiger partial charge < -0.3 is 14.4 Å². The molecule has 0 saturated carbocycles. The number of nitro groups is 1. The minimum absolute atomic E-state index is 0.108. The van der Waals surface area contributed by atoms with E-state index in [1.54, 1.807) is 19.1 Å². The number of hydrogen-bond donors (Lipinski definition) is 0. The zero-order valence-electron chi connectivity index (χ0n) is 11.4. The van der Waals surface area contributed by atoms with Gasteiger partial charge in [0.1, 0.15) is 10.0 Å². The Balaban J connectivity index is 3.33. The Morgan fingerprint density at radius 2 is 2.10 bits per heavy atom. The molecule has 1 aromatic rings. The van der Waals surface area contributed by atoms with Crippen molar-refractivity contribution in [2.45, 2.75) is 0 Å². The van der Waals surface area contributed by atoms with Gasteiger partial charge in [0.25, 0.3) is 5.69 Å². The summed E-state index contributed by atoms with van der Waals surface area (Å²) in [6.07, 6.45) is 0. The number of halogens is 1. The van der Waals surface area contributed by atoms with E-state index in [1.165, 1.54) is 19.2 Å². The number of methoxy groups -OCH3 is 2. The van der Waals surface area contributed by atoms with Gasteiger partial charge in [-0.15, -0.1) is 0 Å². The Kier molecular flexibility index (Phi) is 5.90. The van der Waals surface area contributed by atoms with E-state index >= 15 is 0 Å². The summed E-state index contributed by atoms with van der Waals surface area (Å²) in [6, 6.07) is 2.86. The van der Waals surface area contributed by atoms with Crippen LogP contribution in [0.1, 0.15) is 10.4 Å². The number of benzene rings is 1. The minimum atomic E-state index is -0.639. The Morgan fingerprint density at radius 1 is 1.45 bits per heavy atom. The third-order valence-electron chi connectivity index (χ3n) is 2.73. The van der Waals surface area contributed by atoms with Crippen LogP contribution in [0.4, 0.5) is 11.4 Å². The van der Waals surface area contributed by atoms with E-state index in [0.717, 1.165) is 0 Å². The molecule has 0 aliphatic rings. The average Bonchev–Trinajstić information content (AvgIpc) is 2.42. The largest absolute Gasteiger partial charge is 0.465 e. The predicted molar refractivity (Wildman–Crippen MR) is 77.3 cm³/mol. The van der Waals surface area contributed by atoms with Crippen LogP contribution in [-0.4, -0.2) is 45.3 Å². The number of nitrogens with zero attached hydrogens (tertiary/aromatic N) is 2. The summed E-state index contributed by atoms with van der Waals surface area (Å²) in [7, 11) is 4.56. The Bertz CT molecular complexity index is 521. The molecule has 0 fully saturated rings. The zero-order chi connectivity index (χ0) is 15.3. The molecule has 1 rings (SSSR count). The monoisotopic (exact) mass is 346 g/mol. The van der Waals surface area contributed by atoms with E-state index in [9.17, 15) is 14.9 Å². The molecule has 1 aromatic carbocycles. The van der Waals surface area contributed by atoms with Crippen LogP contribution in [-0.2, 0) is 9.47 Å². The lowest BCUT2D eigenvalue weighted by atomic mass is 10.1. The summed E-state index contributed by atoms with van der Waals surface area (Å²) in [5.74, 6) is -0.639. The maximum absolute atomic E-state index is 11.9. The molecule has 20 heavy (non-hydrogen) atoms. The highest BCUT2D eigenvalue weighted by molar-refractivity contribution is 9.10. The van der Waals surface area contributed by atoms with Crippen LogP contribution >= 0.6 is 15.9 Å². The molecule has 0 saturated heterocycles. The molecule has 0 amide bonds. The molecule has 0 bridgehead atoms. The summed E-state index contributed by atoms with van der Waals surface area (Å²) in [6.45, 7) is 0.996. The van der Waals surface area contributed by atoms with Gasteiger partial charge in [0, 0.05) is 26.8 Å². The van der Waals surface area contributed by atoms with Crippen molar-refractivity contribution in [3.63, 3.8) is 0 Å². The second-order valence-corrected chi connectivity index (χ2v) is 4.75. The molecular formula is C12H15BrN2O5. The number of hydrogen-bond acceptors (Lipinski definition) is 6. The minimum Gasteiger partial charge on any atom is -0.465 e. The van der Waals surface area contributed by atoms with Crippen LogP contribution in [0, 0.1) is 10.1 Å². The summed E-state index contributed by atoms with van der Waals surface area (Å²) in [4.78, 5) is 24.0. The van der Waals surface area contributed by atoms with Gasteiger partial charge in [-0.3, -0.25) is 10.1 Å². The highest BCUT2D eigenvalue weighted by Crippen LogP contribution is 2.35. The van der Waals surface area contributed by atoms with Gasteiger partial charge in [-0.1, -0.05) is 0 Å². The predicted octanol–water partition coefficient (Wildman–Crippen LogP) is 2.23. The van der Waals surface area contributed by atoms with Crippen LogP contribution in [0.15, 0.2) is 16.6 Å². The molecule has 0 aliphatic heterocycles. The smallest absolute Gasteiger partial charge is 0.341 e. The number of carbonyl (C=O) groups is 1. The molecule has 0 aliphatic carbocycles. The number of nitro benzene ring substituents is 1. The summed E-state index contributed by atoms with van der Waals surface area (Å²) < 4.78 is 9.78. The van der Waals surface area contributed by atoms with Crippen molar-refractivity contribution in [3.05, 3.63) is 32.3 Å². The zero-order valence-corrected chi connectivity index (χ0v) is 13.0. The Hall–Kier alpha value is -1.67. The van der Waals surface area contributed by atoms with Crippen molar-refractivity contribution >= 4 is 33.3 Å². The van der Waals surface area contributed by atoms with E-state index in [2.05, 4.69) is 15.9 Å². The maximum Gasteiger partial charge on any atom is 0.341 e. The van der Waals surface area contributed by atoms with Crippen molar-refractivity contribution < 1.29 is 19.2 Å². The molecule has 0 spiro atoms. The average molecular weight is 347 g/mol. The molecule has 0 heterocycles. The molecule has 110 valence electrons. The first-order chi connectivity index (χ1) is 9.43. The van der Waals surface area contributed by atoms with E-state index in [0.29, 0.717) is 18.8 Å². The van der Waals surface area contributed by atoms with Gasteiger partial charge in [-0.05, 0) is 22.0 Å². The van der Waals surface area contributed by atoms with Crippen LogP contribution in [0.5, 0.6) is 0 Å². The third kappa shape index (κ3) is 3.45. The number of rotatable bonds is 6. The fourth-order valence-corrected chi connectivity index (χ4v) is 2.30. The lowest BCUT2D eigenvalue weighted by molar-refractivity contribution is -0.385. The van der Waals surface area contributed by atoms with Crippen molar-refractivity contribution in [2.75, 3.05) is 39.3 Å². The first kappa shape index (κ1) is 16.4. The molecular weight excluding hydrogens is 332 g/mol. The topological polar surface area (TPSA) is 81.9 Å². The summed E-state index contributed by atoms with van der Waals surface area (Å²) in [5.41, 5.74) is 0.473. The first-order valence-corrected chi connectivity index (χ1v) is 6.48. The summed E-state index contributed by atoms with van der Waals surface area (Å²) >= 11 is 3.11. The van der Waals surface area contributed by atoms with Gasteiger partial charge >= 0.3 is 5.97 Å². The first-order valence-electron chi connectivity index (χ1n) is 5.69. The Morgan fingerprint density at radius 3 is 2.60 bits per heavy atom. The number of likely N-dealkylation sites (N-methyl/N-ethyl adjacent to an activating group) is 1. The number of anilines is 1. The van der Waals surface area contributed by atoms with Crippen molar-refractivity contribution in [1.82, 2.24) is 0 Å². The molecule has 0 aromatic heterocycles. The van der Waals surface area contributed by atoms with Crippen molar-refractivity contribution in [3.8, 4) is 0 Å². The SMILES string of the molecule is COCCN(C)c1ccc([N+](=O)[O-])c(Br)c1C(=O)OC. The number of esters is 1. The molecule has 0 N–H and O–H groups in total. The maximum atomic E-state index is 11.9. The van der Waals surface area contributed by atoms with Crippen LogP contribution in [0.3, 0.4) is 0 Å². The van der Waals surface area contributed by atoms with E-state index in [1.807, 2.05) is 0 Å². The number of ether oxygens (including phenoxy) is 2. The van der Waals surface area contributed by atoms with Crippen LogP contribution in [0.2, 0.25) is 0 Å². The second kappa shape index (κ2) is 7.20. The molecule has 7 nitrogen and oxygen atoms in total. The second-order valence-electron chi connectivity index (χ2n) is 3.96. The molecule has 0 atom stereocenters. The van der Waals surface area contributed by atoms with Gasteiger partial charge in [-0.2, -0.15) is 0 Å². The van der Waals surface area contributed by atoms with E-state index < -0.39 is 10.9 Å². The van der Waals surface area contributed by atoms with Crippen molar-refractivity contribution in [2.24, 2.45) is 0 Å². The fourth-order valence-electron chi connectivity index (χ4n) is 1.66. The van der Waals surface area contributed by atoms with E-state index in [-0.39, 0.29) is 15.7 Å². The van der Waals surface area contributed by atoms with Crippen LogP contribution in [0.25, 0.3) is 0 Å².